The fourth-order valence-electron chi connectivity index (χ4n) is 2.69. The molecule has 7 nitrogen and oxygen atoms in total. The molecule has 0 fully saturated rings. The number of hydrogen-bond donors (Lipinski definition) is 2. The molecule has 2 aromatic heterocycles. The van der Waals surface area contributed by atoms with Gasteiger partial charge < -0.3 is 9.88 Å². The van der Waals surface area contributed by atoms with Crippen LogP contribution in [0.5, 0.6) is 0 Å². The summed E-state index contributed by atoms with van der Waals surface area (Å²) in [4.78, 5) is 20.7. The van der Waals surface area contributed by atoms with E-state index in [1.54, 1.807) is 12.1 Å². The Morgan fingerprint density at radius 1 is 1.24 bits per heavy atom. The molecule has 1 amide bonds. The Morgan fingerprint density at radius 3 is 2.72 bits per heavy atom. The predicted molar refractivity (Wildman–Crippen MR) is 95.1 cm³/mol. The third-order valence-corrected chi connectivity index (χ3v) is 3.96. The van der Waals surface area contributed by atoms with Crippen LogP contribution in [0.4, 0.5) is 0 Å². The Bertz CT molecular complexity index is 804. The van der Waals surface area contributed by atoms with Crippen LogP contribution in [0.3, 0.4) is 0 Å². The number of benzene rings is 1. The van der Waals surface area contributed by atoms with Crippen LogP contribution in [0.1, 0.15) is 42.4 Å². The van der Waals surface area contributed by atoms with Crippen LogP contribution in [-0.2, 0) is 6.54 Å². The molecule has 0 atom stereocenters. The van der Waals surface area contributed by atoms with Gasteiger partial charge in [-0.1, -0.05) is 26.0 Å². The van der Waals surface area contributed by atoms with E-state index in [1.165, 1.54) is 6.33 Å². The van der Waals surface area contributed by atoms with E-state index in [4.69, 9.17) is 0 Å². The second kappa shape index (κ2) is 7.74. The van der Waals surface area contributed by atoms with Gasteiger partial charge >= 0.3 is 0 Å². The van der Waals surface area contributed by atoms with Gasteiger partial charge in [-0.3, -0.25) is 9.89 Å². The van der Waals surface area contributed by atoms with E-state index in [0.717, 1.165) is 24.4 Å². The lowest BCUT2D eigenvalue weighted by molar-refractivity contribution is 0.0952. The van der Waals surface area contributed by atoms with Crippen molar-refractivity contribution >= 4 is 5.91 Å². The number of H-pyrrole nitrogens is 1. The first-order chi connectivity index (χ1) is 12.1. The Kier molecular flexibility index (Phi) is 5.23. The molecule has 0 saturated heterocycles. The SMILES string of the molecule is CC(C)c1nccn1CCCNC(=O)c1ccc(-c2ncn[nH]2)cc1. The van der Waals surface area contributed by atoms with Crippen molar-refractivity contribution in [3.63, 3.8) is 0 Å². The second-order valence-electron chi connectivity index (χ2n) is 6.15. The maximum Gasteiger partial charge on any atom is 0.251 e. The molecule has 3 aromatic rings. The summed E-state index contributed by atoms with van der Waals surface area (Å²) in [6.07, 6.45) is 6.13. The van der Waals surface area contributed by atoms with E-state index in [9.17, 15) is 4.79 Å². The number of nitrogens with zero attached hydrogens (tertiary/aromatic N) is 4. The number of imidazole rings is 1. The summed E-state index contributed by atoms with van der Waals surface area (Å²) in [5.41, 5.74) is 1.53. The van der Waals surface area contributed by atoms with Crippen molar-refractivity contribution in [2.45, 2.75) is 32.7 Å². The normalized spacial score (nSPS) is 11.0. The first kappa shape index (κ1) is 16.9. The van der Waals surface area contributed by atoms with E-state index in [2.05, 4.69) is 43.9 Å². The summed E-state index contributed by atoms with van der Waals surface area (Å²) in [6.45, 7) is 5.72. The molecule has 2 heterocycles. The summed E-state index contributed by atoms with van der Waals surface area (Å²) in [6, 6.07) is 7.30. The van der Waals surface area contributed by atoms with Crippen LogP contribution in [0.15, 0.2) is 43.0 Å². The summed E-state index contributed by atoms with van der Waals surface area (Å²) in [5.74, 6) is 2.09. The Balaban J connectivity index is 1.48. The van der Waals surface area contributed by atoms with Crippen molar-refractivity contribution in [1.29, 1.82) is 0 Å². The van der Waals surface area contributed by atoms with Gasteiger partial charge in [-0.25, -0.2) is 9.97 Å². The molecule has 2 N–H and O–H groups in total. The first-order valence-electron chi connectivity index (χ1n) is 8.40. The second-order valence-corrected chi connectivity index (χ2v) is 6.15. The number of nitrogens with one attached hydrogen (secondary N) is 2. The van der Waals surface area contributed by atoms with Crippen molar-refractivity contribution in [3.05, 3.63) is 54.4 Å². The largest absolute Gasteiger partial charge is 0.352 e. The highest BCUT2D eigenvalue weighted by atomic mass is 16.1. The molecule has 0 radical (unpaired) electrons. The van der Waals surface area contributed by atoms with E-state index < -0.39 is 0 Å². The van der Waals surface area contributed by atoms with Crippen molar-refractivity contribution < 1.29 is 4.79 Å². The lowest BCUT2D eigenvalue weighted by Gasteiger charge is -2.11. The van der Waals surface area contributed by atoms with E-state index in [1.807, 2.05) is 24.5 Å². The lowest BCUT2D eigenvalue weighted by Crippen LogP contribution is -2.25. The zero-order valence-electron chi connectivity index (χ0n) is 14.4. The van der Waals surface area contributed by atoms with Crippen molar-refractivity contribution in [2.24, 2.45) is 0 Å². The number of amides is 1. The number of carbonyl (C=O) groups excluding carboxylic acids is 1. The Hall–Kier alpha value is -2.96. The zero-order chi connectivity index (χ0) is 17.6. The monoisotopic (exact) mass is 338 g/mol. The van der Waals surface area contributed by atoms with Gasteiger partial charge in [0.25, 0.3) is 5.91 Å². The molecule has 25 heavy (non-hydrogen) atoms. The van der Waals surface area contributed by atoms with Crippen molar-refractivity contribution in [2.75, 3.05) is 6.54 Å². The molecular formula is C18H22N6O. The Morgan fingerprint density at radius 2 is 2.04 bits per heavy atom. The fraction of sp³-hybridized carbons (Fsp3) is 0.333. The van der Waals surface area contributed by atoms with Crippen LogP contribution in [0.2, 0.25) is 0 Å². The van der Waals surface area contributed by atoms with Gasteiger partial charge in [0.1, 0.15) is 12.2 Å². The molecule has 7 heteroatoms. The molecule has 0 saturated carbocycles. The zero-order valence-corrected chi connectivity index (χ0v) is 14.4. The summed E-state index contributed by atoms with van der Waals surface area (Å²) in [5, 5.41) is 9.58. The van der Waals surface area contributed by atoms with Gasteiger partial charge in [0.2, 0.25) is 0 Å². The van der Waals surface area contributed by atoms with Crippen molar-refractivity contribution in [1.82, 2.24) is 30.0 Å². The van der Waals surface area contributed by atoms with Gasteiger partial charge in [0, 0.05) is 42.5 Å². The summed E-state index contributed by atoms with van der Waals surface area (Å²) in [7, 11) is 0. The summed E-state index contributed by atoms with van der Waals surface area (Å²) < 4.78 is 2.14. The number of rotatable bonds is 7. The topological polar surface area (TPSA) is 88.5 Å². The molecule has 0 unspecified atom stereocenters. The highest BCUT2D eigenvalue weighted by Crippen LogP contribution is 2.14. The molecule has 0 aliphatic rings. The number of hydrogen-bond acceptors (Lipinski definition) is 4. The van der Waals surface area contributed by atoms with Crippen LogP contribution >= 0.6 is 0 Å². The molecule has 0 aliphatic heterocycles. The van der Waals surface area contributed by atoms with Crippen LogP contribution in [0, 0.1) is 0 Å². The lowest BCUT2D eigenvalue weighted by atomic mass is 10.1. The third-order valence-electron chi connectivity index (χ3n) is 3.96. The smallest absolute Gasteiger partial charge is 0.251 e. The number of carbonyl (C=O) groups is 1. The predicted octanol–water partition coefficient (Wildman–Crippen LogP) is 2.61. The molecule has 0 aliphatic carbocycles. The van der Waals surface area contributed by atoms with E-state index >= 15 is 0 Å². The molecule has 0 spiro atoms. The molecule has 130 valence electrons. The highest BCUT2D eigenvalue weighted by Gasteiger charge is 2.08. The minimum absolute atomic E-state index is 0.0705. The number of aromatic amines is 1. The fourth-order valence-corrected chi connectivity index (χ4v) is 2.69. The van der Waals surface area contributed by atoms with E-state index in [0.29, 0.717) is 23.9 Å². The van der Waals surface area contributed by atoms with Gasteiger partial charge in [-0.2, -0.15) is 5.10 Å². The highest BCUT2D eigenvalue weighted by molar-refractivity contribution is 5.94. The van der Waals surface area contributed by atoms with Gasteiger partial charge in [0.05, 0.1) is 0 Å². The molecule has 1 aromatic carbocycles. The summed E-state index contributed by atoms with van der Waals surface area (Å²) >= 11 is 0. The van der Waals surface area contributed by atoms with E-state index in [-0.39, 0.29) is 5.91 Å². The van der Waals surface area contributed by atoms with Crippen LogP contribution in [0.25, 0.3) is 11.4 Å². The van der Waals surface area contributed by atoms with Crippen LogP contribution < -0.4 is 5.32 Å². The number of aryl methyl sites for hydroxylation is 1. The van der Waals surface area contributed by atoms with Gasteiger partial charge in [-0.05, 0) is 18.6 Å². The molecule has 3 rings (SSSR count). The van der Waals surface area contributed by atoms with Crippen LogP contribution in [-0.4, -0.2) is 37.2 Å². The van der Waals surface area contributed by atoms with Gasteiger partial charge in [0.15, 0.2) is 5.82 Å². The molecule has 0 bridgehead atoms. The maximum atomic E-state index is 12.2. The maximum absolute atomic E-state index is 12.2. The standard InChI is InChI=1S/C18H22N6O/c1-13(2)17-19-9-11-24(17)10-3-8-20-18(25)15-6-4-14(5-7-15)16-21-12-22-23-16/h4-7,9,11-13H,3,8,10H2,1-2H3,(H,20,25)(H,21,22,23). The van der Waals surface area contributed by atoms with Gasteiger partial charge in [-0.15, -0.1) is 0 Å². The quantitative estimate of drug-likeness (QED) is 0.648. The average Bonchev–Trinajstić information content (AvgIpc) is 3.30. The van der Waals surface area contributed by atoms with Crippen molar-refractivity contribution in [3.8, 4) is 11.4 Å². The third kappa shape index (κ3) is 4.12. The Labute approximate surface area is 146 Å². The average molecular weight is 338 g/mol. The molecular weight excluding hydrogens is 316 g/mol. The minimum atomic E-state index is -0.0705. The number of aromatic nitrogens is 5. The minimum Gasteiger partial charge on any atom is -0.352 e. The first-order valence-corrected chi connectivity index (χ1v) is 8.40.